The zero-order valence-electron chi connectivity index (χ0n) is 9.53. The summed E-state index contributed by atoms with van der Waals surface area (Å²) < 4.78 is 2.50. The summed E-state index contributed by atoms with van der Waals surface area (Å²) in [6, 6.07) is 14.4. The first-order valence-electron chi connectivity index (χ1n) is 5.39. The van der Waals surface area contributed by atoms with Gasteiger partial charge in [-0.1, -0.05) is 30.2 Å². The lowest BCUT2D eigenvalue weighted by atomic mass is 10.1. The Morgan fingerprint density at radius 1 is 0.944 bits per heavy atom. The molecule has 0 unspecified atom stereocenters. The number of benzene rings is 2. The fraction of sp³-hybridized carbons (Fsp3) is 0. The third kappa shape index (κ3) is 3.59. The van der Waals surface area contributed by atoms with E-state index in [2.05, 4.69) is 81.5 Å². The average molecular weight is 456 g/mol. The summed E-state index contributed by atoms with van der Waals surface area (Å²) in [5.74, 6) is 2.62. The molecule has 2 rings (SSSR count). The highest BCUT2D eigenvalue weighted by Crippen LogP contribution is 2.18. The molecule has 2 heteroatoms. The summed E-state index contributed by atoms with van der Waals surface area (Å²) in [5, 5.41) is 0. The Balaban J connectivity index is 2.24. The van der Waals surface area contributed by atoms with Crippen LogP contribution in [0.4, 0.5) is 0 Å². The molecule has 0 saturated heterocycles. The largest absolute Gasteiger partial charge is 0.115 e. The van der Waals surface area contributed by atoms with Gasteiger partial charge in [-0.15, -0.1) is 6.42 Å². The van der Waals surface area contributed by atoms with Gasteiger partial charge in [0.2, 0.25) is 0 Å². The normalized spacial score (nSPS) is 10.5. The zero-order valence-corrected chi connectivity index (χ0v) is 13.8. The van der Waals surface area contributed by atoms with Crippen LogP contribution < -0.4 is 0 Å². The standard InChI is InChI=1S/C16H10I2/c1-2-12-3-5-13(6-4-12)7-8-14-11-15(17)9-10-16(14)18/h1,3-11H/b8-7+. The SMILES string of the molecule is C#Cc1ccc(/C=C/c2cc(I)ccc2I)cc1. The topological polar surface area (TPSA) is 0 Å². The Kier molecular flexibility index (Phi) is 4.84. The second kappa shape index (κ2) is 6.39. The second-order valence-electron chi connectivity index (χ2n) is 3.77. The molecule has 0 atom stereocenters. The van der Waals surface area contributed by atoms with E-state index in [1.165, 1.54) is 12.7 Å². The summed E-state index contributed by atoms with van der Waals surface area (Å²) >= 11 is 4.68. The van der Waals surface area contributed by atoms with Crippen molar-refractivity contribution in [2.75, 3.05) is 0 Å². The van der Waals surface area contributed by atoms with Gasteiger partial charge in [-0.3, -0.25) is 0 Å². The average Bonchev–Trinajstić information content (AvgIpc) is 2.40. The summed E-state index contributed by atoms with van der Waals surface area (Å²) in [6.07, 6.45) is 9.57. The van der Waals surface area contributed by atoms with Crippen molar-refractivity contribution in [2.24, 2.45) is 0 Å². The van der Waals surface area contributed by atoms with E-state index < -0.39 is 0 Å². The molecule has 0 radical (unpaired) electrons. The van der Waals surface area contributed by atoms with Crippen molar-refractivity contribution in [3.63, 3.8) is 0 Å². The molecule has 2 aromatic carbocycles. The molecule has 2 aromatic rings. The molecule has 0 aliphatic carbocycles. The van der Waals surface area contributed by atoms with Crippen LogP contribution >= 0.6 is 45.2 Å². The van der Waals surface area contributed by atoms with Gasteiger partial charge in [-0.05, 0) is 86.6 Å². The summed E-state index contributed by atoms with van der Waals surface area (Å²) in [4.78, 5) is 0. The highest BCUT2D eigenvalue weighted by atomic mass is 127. The van der Waals surface area contributed by atoms with Gasteiger partial charge in [0, 0.05) is 12.7 Å². The number of terminal acetylenes is 1. The number of halogens is 2. The lowest BCUT2D eigenvalue weighted by Crippen LogP contribution is -1.81. The maximum Gasteiger partial charge on any atom is 0.0243 e. The first-order valence-corrected chi connectivity index (χ1v) is 7.54. The molecule has 0 N–H and O–H groups in total. The maximum atomic E-state index is 5.33. The Labute approximate surface area is 135 Å². The smallest absolute Gasteiger partial charge is 0.0243 e. The van der Waals surface area contributed by atoms with Gasteiger partial charge in [-0.2, -0.15) is 0 Å². The minimum Gasteiger partial charge on any atom is -0.115 e. The molecule has 18 heavy (non-hydrogen) atoms. The van der Waals surface area contributed by atoms with Crippen LogP contribution in [0.25, 0.3) is 12.2 Å². The first kappa shape index (κ1) is 13.6. The monoisotopic (exact) mass is 456 g/mol. The molecular formula is C16H10I2. The van der Waals surface area contributed by atoms with Crippen molar-refractivity contribution in [2.45, 2.75) is 0 Å². The lowest BCUT2D eigenvalue weighted by Gasteiger charge is -2.00. The Hall–Kier alpha value is -0.800. The van der Waals surface area contributed by atoms with E-state index in [1.54, 1.807) is 0 Å². The summed E-state index contributed by atoms with van der Waals surface area (Å²) in [5.41, 5.74) is 3.31. The van der Waals surface area contributed by atoms with E-state index in [0.29, 0.717) is 0 Å². The second-order valence-corrected chi connectivity index (χ2v) is 6.17. The maximum absolute atomic E-state index is 5.33. The summed E-state index contributed by atoms with van der Waals surface area (Å²) in [7, 11) is 0. The van der Waals surface area contributed by atoms with Crippen LogP contribution in [0.1, 0.15) is 16.7 Å². The van der Waals surface area contributed by atoms with Gasteiger partial charge in [0.1, 0.15) is 0 Å². The number of hydrogen-bond donors (Lipinski definition) is 0. The van der Waals surface area contributed by atoms with E-state index in [9.17, 15) is 0 Å². The molecule has 0 aliphatic rings. The Morgan fingerprint density at radius 2 is 1.67 bits per heavy atom. The predicted octanol–water partition coefficient (Wildman–Crippen LogP) is 5.05. The number of hydrogen-bond acceptors (Lipinski definition) is 0. The lowest BCUT2D eigenvalue weighted by molar-refractivity contribution is 1.55. The van der Waals surface area contributed by atoms with Gasteiger partial charge in [-0.25, -0.2) is 0 Å². The van der Waals surface area contributed by atoms with Crippen molar-refractivity contribution in [1.29, 1.82) is 0 Å². The zero-order chi connectivity index (χ0) is 13.0. The van der Waals surface area contributed by atoms with Crippen molar-refractivity contribution in [3.05, 3.63) is 66.3 Å². The molecule has 0 aliphatic heterocycles. The minimum atomic E-state index is 0.913. The van der Waals surface area contributed by atoms with Crippen LogP contribution in [-0.2, 0) is 0 Å². The predicted molar refractivity (Wildman–Crippen MR) is 95.2 cm³/mol. The Morgan fingerprint density at radius 3 is 2.33 bits per heavy atom. The Bertz CT molecular complexity index is 617. The van der Waals surface area contributed by atoms with Gasteiger partial charge >= 0.3 is 0 Å². The molecule has 0 saturated carbocycles. The molecule has 0 bridgehead atoms. The fourth-order valence-electron chi connectivity index (χ4n) is 1.52. The van der Waals surface area contributed by atoms with E-state index in [1.807, 2.05) is 24.3 Å². The van der Waals surface area contributed by atoms with Crippen molar-refractivity contribution >= 4 is 57.3 Å². The van der Waals surface area contributed by atoms with E-state index in [4.69, 9.17) is 6.42 Å². The van der Waals surface area contributed by atoms with E-state index in [0.717, 1.165) is 11.1 Å². The quantitative estimate of drug-likeness (QED) is 0.338. The van der Waals surface area contributed by atoms with Crippen molar-refractivity contribution in [3.8, 4) is 12.3 Å². The minimum absolute atomic E-state index is 0.913. The molecule has 0 spiro atoms. The van der Waals surface area contributed by atoms with Gasteiger partial charge in [0.15, 0.2) is 0 Å². The first-order chi connectivity index (χ1) is 8.69. The van der Waals surface area contributed by atoms with Crippen LogP contribution in [0.2, 0.25) is 0 Å². The van der Waals surface area contributed by atoms with Crippen LogP contribution in [0, 0.1) is 19.5 Å². The third-order valence-corrected chi connectivity index (χ3v) is 4.14. The number of rotatable bonds is 2. The van der Waals surface area contributed by atoms with Crippen LogP contribution in [-0.4, -0.2) is 0 Å². The van der Waals surface area contributed by atoms with Gasteiger partial charge in [0.25, 0.3) is 0 Å². The van der Waals surface area contributed by atoms with Crippen LogP contribution in [0.5, 0.6) is 0 Å². The van der Waals surface area contributed by atoms with Crippen LogP contribution in [0.3, 0.4) is 0 Å². The highest BCUT2D eigenvalue weighted by Gasteiger charge is 1.96. The molecular weight excluding hydrogens is 446 g/mol. The molecule has 88 valence electrons. The fourth-order valence-corrected chi connectivity index (χ4v) is 2.55. The molecule has 0 aromatic heterocycles. The molecule has 0 amide bonds. The van der Waals surface area contributed by atoms with Crippen LogP contribution in [0.15, 0.2) is 42.5 Å². The van der Waals surface area contributed by atoms with E-state index >= 15 is 0 Å². The van der Waals surface area contributed by atoms with Crippen molar-refractivity contribution < 1.29 is 0 Å². The van der Waals surface area contributed by atoms with Crippen molar-refractivity contribution in [1.82, 2.24) is 0 Å². The molecule has 0 heterocycles. The summed E-state index contributed by atoms with van der Waals surface area (Å²) in [6.45, 7) is 0. The van der Waals surface area contributed by atoms with E-state index in [-0.39, 0.29) is 0 Å². The molecule has 0 fully saturated rings. The van der Waals surface area contributed by atoms with Gasteiger partial charge in [0.05, 0.1) is 0 Å². The van der Waals surface area contributed by atoms with Gasteiger partial charge < -0.3 is 0 Å². The highest BCUT2D eigenvalue weighted by molar-refractivity contribution is 14.1. The molecule has 0 nitrogen and oxygen atoms in total. The third-order valence-electron chi connectivity index (χ3n) is 2.49.